The van der Waals surface area contributed by atoms with Gasteiger partial charge in [-0.25, -0.2) is 9.37 Å². The second-order valence-corrected chi connectivity index (χ2v) is 10.3. The summed E-state index contributed by atoms with van der Waals surface area (Å²) in [6, 6.07) is 16.2. The Morgan fingerprint density at radius 1 is 1.09 bits per heavy atom. The van der Waals surface area contributed by atoms with E-state index < -0.39 is 0 Å². The molecule has 3 heterocycles. The first-order valence-electron chi connectivity index (χ1n) is 9.67. The molecule has 0 bridgehead atoms. The third-order valence-corrected chi connectivity index (χ3v) is 7.64. The number of aromatic amines is 1. The van der Waals surface area contributed by atoms with E-state index in [0.717, 1.165) is 11.1 Å². The fraction of sp³-hybridized carbons (Fsp3) is 0.0909. The fourth-order valence-corrected chi connectivity index (χ4v) is 6.10. The van der Waals surface area contributed by atoms with Gasteiger partial charge in [-0.3, -0.25) is 4.79 Å². The van der Waals surface area contributed by atoms with Gasteiger partial charge in [-0.15, -0.1) is 21.5 Å². The number of rotatable bonds is 6. The van der Waals surface area contributed by atoms with E-state index in [-0.39, 0.29) is 16.6 Å². The second kappa shape index (κ2) is 8.81. The third kappa shape index (κ3) is 4.16. The van der Waals surface area contributed by atoms with Crippen LogP contribution in [-0.2, 0) is 0 Å². The highest BCUT2D eigenvalue weighted by Crippen LogP contribution is 2.38. The van der Waals surface area contributed by atoms with Crippen LogP contribution < -0.4 is 10.9 Å². The van der Waals surface area contributed by atoms with E-state index in [2.05, 4.69) is 20.5 Å². The first-order valence-corrected chi connectivity index (χ1v) is 12.2. The number of nitrogens with zero attached hydrogens (tertiary/aromatic N) is 3. The molecule has 1 unspecified atom stereocenters. The molecule has 0 amide bonds. The molecule has 0 saturated heterocycles. The van der Waals surface area contributed by atoms with Crippen LogP contribution in [0.2, 0.25) is 0 Å². The number of thioether (sulfide) groups is 1. The minimum Gasteiger partial charge on any atom is -0.328 e. The van der Waals surface area contributed by atoms with E-state index in [9.17, 15) is 9.18 Å². The molecule has 2 N–H and O–H groups in total. The zero-order valence-electron chi connectivity index (χ0n) is 16.7. The van der Waals surface area contributed by atoms with Crippen molar-refractivity contribution in [2.45, 2.75) is 16.5 Å². The molecule has 0 fully saturated rings. The molecule has 3 aromatic heterocycles. The topological polar surface area (TPSA) is 83.6 Å². The van der Waals surface area contributed by atoms with Crippen molar-refractivity contribution in [2.75, 3.05) is 5.32 Å². The number of aromatic nitrogens is 4. The molecular weight excluding hydrogens is 465 g/mol. The van der Waals surface area contributed by atoms with Crippen molar-refractivity contribution in [2.24, 2.45) is 0 Å². The lowest BCUT2D eigenvalue weighted by molar-refractivity contribution is 0.632. The molecular formula is C22H16FN5OS3. The summed E-state index contributed by atoms with van der Waals surface area (Å²) >= 11 is 4.21. The predicted molar refractivity (Wildman–Crippen MR) is 130 cm³/mol. The van der Waals surface area contributed by atoms with Gasteiger partial charge in [0.2, 0.25) is 5.13 Å². The van der Waals surface area contributed by atoms with Gasteiger partial charge in [0.25, 0.3) is 5.56 Å². The number of benzene rings is 2. The Morgan fingerprint density at radius 2 is 1.88 bits per heavy atom. The smallest absolute Gasteiger partial charge is 0.260 e. The zero-order chi connectivity index (χ0) is 22.1. The van der Waals surface area contributed by atoms with Crippen molar-refractivity contribution in [3.05, 3.63) is 82.0 Å². The van der Waals surface area contributed by atoms with Crippen LogP contribution in [0.1, 0.15) is 18.0 Å². The van der Waals surface area contributed by atoms with Crippen molar-refractivity contribution in [1.29, 1.82) is 0 Å². The van der Waals surface area contributed by atoms with E-state index >= 15 is 0 Å². The molecule has 5 rings (SSSR count). The Morgan fingerprint density at radius 3 is 2.69 bits per heavy atom. The number of fused-ring (bicyclic) bond motifs is 1. The number of para-hydroxylation sites is 1. The maximum absolute atomic E-state index is 13.8. The number of thiophene rings is 1. The average Bonchev–Trinajstić information content (AvgIpc) is 3.43. The Labute approximate surface area is 194 Å². The van der Waals surface area contributed by atoms with Crippen LogP contribution in [0.15, 0.2) is 69.1 Å². The lowest BCUT2D eigenvalue weighted by atomic mass is 10.1. The predicted octanol–water partition coefficient (Wildman–Crippen LogP) is 6.24. The minimum atomic E-state index is -0.355. The van der Waals surface area contributed by atoms with Gasteiger partial charge in [0.05, 0.1) is 16.3 Å². The van der Waals surface area contributed by atoms with E-state index in [0.29, 0.717) is 31.2 Å². The third-order valence-electron chi connectivity index (χ3n) is 4.73. The molecule has 0 spiro atoms. The maximum atomic E-state index is 13.8. The zero-order valence-corrected chi connectivity index (χ0v) is 19.2. The fourth-order valence-electron chi connectivity index (χ4n) is 3.18. The molecule has 10 heteroatoms. The first-order chi connectivity index (χ1) is 15.6. The van der Waals surface area contributed by atoms with Crippen LogP contribution in [-0.4, -0.2) is 20.2 Å². The van der Waals surface area contributed by atoms with Crippen LogP contribution in [0.4, 0.5) is 15.2 Å². The van der Waals surface area contributed by atoms with Crippen LogP contribution in [0.25, 0.3) is 21.3 Å². The van der Waals surface area contributed by atoms with Gasteiger partial charge >= 0.3 is 0 Å². The van der Waals surface area contributed by atoms with Gasteiger partial charge in [0.15, 0.2) is 4.34 Å². The first kappa shape index (κ1) is 20.8. The van der Waals surface area contributed by atoms with Crippen molar-refractivity contribution in [3.63, 3.8) is 0 Å². The molecule has 0 aliphatic rings. The van der Waals surface area contributed by atoms with E-state index in [1.54, 1.807) is 18.2 Å². The molecule has 1 atom stereocenters. The molecule has 5 aromatic rings. The number of hydrogen-bond acceptors (Lipinski definition) is 8. The number of hydrogen-bond donors (Lipinski definition) is 2. The summed E-state index contributed by atoms with van der Waals surface area (Å²) in [5.74, 6) is 0.221. The van der Waals surface area contributed by atoms with Gasteiger partial charge in [0, 0.05) is 10.9 Å². The molecule has 6 nitrogen and oxygen atoms in total. The van der Waals surface area contributed by atoms with Crippen molar-refractivity contribution >= 4 is 55.5 Å². The van der Waals surface area contributed by atoms with Gasteiger partial charge in [-0.05, 0) is 24.6 Å². The van der Waals surface area contributed by atoms with Crippen molar-refractivity contribution < 1.29 is 4.39 Å². The molecule has 160 valence electrons. The van der Waals surface area contributed by atoms with Crippen LogP contribution in [0, 0.1) is 5.82 Å². The molecule has 0 aliphatic heterocycles. The SMILES string of the molecule is CC(Sc1nnc(Nc2ccccc2F)s1)c1nc2scc(-c3ccccc3)c2c(=O)[nH]1. The lowest BCUT2D eigenvalue weighted by Crippen LogP contribution is -2.12. The summed E-state index contributed by atoms with van der Waals surface area (Å²) in [6.07, 6.45) is 0. The Hall–Kier alpha value is -3.08. The van der Waals surface area contributed by atoms with Gasteiger partial charge in [-0.2, -0.15) is 0 Å². The standard InChI is InChI=1S/C22H16FN5OS3/c1-12(31-22-28-27-21(32-22)24-16-10-6-5-9-15(16)23)18-25-19(29)17-14(11-30-20(17)26-18)13-7-3-2-4-8-13/h2-12H,1H3,(H,24,27)(H,25,26,29). The Kier molecular flexibility index (Phi) is 5.73. The highest BCUT2D eigenvalue weighted by atomic mass is 32.2. The highest BCUT2D eigenvalue weighted by molar-refractivity contribution is 8.01. The van der Waals surface area contributed by atoms with Crippen molar-refractivity contribution in [1.82, 2.24) is 20.2 Å². The monoisotopic (exact) mass is 481 g/mol. The van der Waals surface area contributed by atoms with E-state index in [4.69, 9.17) is 4.98 Å². The van der Waals surface area contributed by atoms with Crippen LogP contribution in [0.3, 0.4) is 0 Å². The summed E-state index contributed by atoms with van der Waals surface area (Å²) in [6.45, 7) is 1.95. The molecule has 0 aliphatic carbocycles. The number of anilines is 2. The summed E-state index contributed by atoms with van der Waals surface area (Å²) < 4.78 is 14.5. The quantitative estimate of drug-likeness (QED) is 0.279. The lowest BCUT2D eigenvalue weighted by Gasteiger charge is -2.08. The summed E-state index contributed by atoms with van der Waals surface area (Å²) in [4.78, 5) is 21.2. The highest BCUT2D eigenvalue weighted by Gasteiger charge is 2.18. The summed E-state index contributed by atoms with van der Waals surface area (Å²) in [5.41, 5.74) is 2.07. The molecule has 0 saturated carbocycles. The van der Waals surface area contributed by atoms with Gasteiger partial charge in [-0.1, -0.05) is 65.6 Å². The normalized spacial score (nSPS) is 12.2. The van der Waals surface area contributed by atoms with E-state index in [1.165, 1.54) is 40.5 Å². The van der Waals surface area contributed by atoms with Gasteiger partial charge < -0.3 is 10.3 Å². The van der Waals surface area contributed by atoms with Crippen LogP contribution >= 0.6 is 34.4 Å². The molecule has 0 radical (unpaired) electrons. The largest absolute Gasteiger partial charge is 0.328 e. The second-order valence-electron chi connectivity index (χ2n) is 6.88. The Bertz CT molecular complexity index is 1450. The summed E-state index contributed by atoms with van der Waals surface area (Å²) in [7, 11) is 0. The Balaban J connectivity index is 1.37. The van der Waals surface area contributed by atoms with Crippen molar-refractivity contribution in [3.8, 4) is 11.1 Å². The average molecular weight is 482 g/mol. The number of halogens is 1. The maximum Gasteiger partial charge on any atom is 0.260 e. The van der Waals surface area contributed by atoms with E-state index in [1.807, 2.05) is 42.6 Å². The number of H-pyrrole nitrogens is 1. The number of nitrogens with one attached hydrogen (secondary N) is 2. The van der Waals surface area contributed by atoms with Crippen LogP contribution in [0.5, 0.6) is 0 Å². The minimum absolute atomic E-state index is 0.149. The molecule has 32 heavy (non-hydrogen) atoms. The molecule has 2 aromatic carbocycles. The van der Waals surface area contributed by atoms with Gasteiger partial charge in [0.1, 0.15) is 16.5 Å². The summed E-state index contributed by atoms with van der Waals surface area (Å²) in [5, 5.41) is 14.1.